The molecule has 0 amide bonds. The van der Waals surface area contributed by atoms with Gasteiger partial charge in [-0.3, -0.25) is 0 Å². The Kier molecular flexibility index (Phi) is 7.40. The summed E-state index contributed by atoms with van der Waals surface area (Å²) >= 11 is 0. The number of aliphatic hydroxyl groups is 1. The molecule has 2 N–H and O–H groups in total. The summed E-state index contributed by atoms with van der Waals surface area (Å²) in [6.45, 7) is 3.98. The van der Waals surface area contributed by atoms with Crippen LogP contribution in [-0.2, 0) is 11.3 Å². The SMILES string of the molecule is COCCNCc1cccc(F)c1OCC(C)CO. The van der Waals surface area contributed by atoms with Crippen molar-refractivity contribution in [3.05, 3.63) is 29.6 Å². The molecule has 0 radical (unpaired) electrons. The van der Waals surface area contributed by atoms with E-state index in [1.807, 2.05) is 13.0 Å². The van der Waals surface area contributed by atoms with Gasteiger partial charge in [-0.1, -0.05) is 19.1 Å². The lowest BCUT2D eigenvalue weighted by Crippen LogP contribution is -2.20. The topological polar surface area (TPSA) is 50.7 Å². The first-order valence-corrected chi connectivity index (χ1v) is 6.39. The van der Waals surface area contributed by atoms with E-state index in [1.165, 1.54) is 6.07 Å². The Morgan fingerprint density at radius 2 is 2.21 bits per heavy atom. The minimum Gasteiger partial charge on any atom is -0.490 e. The lowest BCUT2D eigenvalue weighted by molar-refractivity contribution is 0.169. The molecule has 1 rings (SSSR count). The van der Waals surface area contributed by atoms with E-state index in [0.29, 0.717) is 26.3 Å². The van der Waals surface area contributed by atoms with Gasteiger partial charge in [0.15, 0.2) is 11.6 Å². The molecule has 19 heavy (non-hydrogen) atoms. The molecule has 1 aromatic carbocycles. The molecule has 1 atom stereocenters. The van der Waals surface area contributed by atoms with Crippen LogP contribution in [0, 0.1) is 11.7 Å². The van der Waals surface area contributed by atoms with Crippen LogP contribution in [0.2, 0.25) is 0 Å². The van der Waals surface area contributed by atoms with Crippen molar-refractivity contribution in [1.82, 2.24) is 5.32 Å². The summed E-state index contributed by atoms with van der Waals surface area (Å²) in [7, 11) is 1.63. The van der Waals surface area contributed by atoms with Gasteiger partial charge in [-0.2, -0.15) is 0 Å². The molecule has 1 aromatic rings. The Morgan fingerprint density at radius 1 is 1.42 bits per heavy atom. The minimum absolute atomic E-state index is 0.0195. The first-order chi connectivity index (χ1) is 9.19. The highest BCUT2D eigenvalue weighted by Gasteiger charge is 2.11. The summed E-state index contributed by atoms with van der Waals surface area (Å²) in [5.41, 5.74) is 0.765. The number of hydrogen-bond acceptors (Lipinski definition) is 4. The second kappa shape index (κ2) is 8.85. The maximum absolute atomic E-state index is 13.7. The Morgan fingerprint density at radius 3 is 2.89 bits per heavy atom. The van der Waals surface area contributed by atoms with Crippen molar-refractivity contribution in [2.45, 2.75) is 13.5 Å². The molecular weight excluding hydrogens is 249 g/mol. The number of ether oxygens (including phenoxy) is 2. The molecule has 0 bridgehead atoms. The average Bonchev–Trinajstić information content (AvgIpc) is 2.42. The Hall–Kier alpha value is -1.17. The second-order valence-corrected chi connectivity index (χ2v) is 4.50. The summed E-state index contributed by atoms with van der Waals surface area (Å²) in [5, 5.41) is 12.1. The van der Waals surface area contributed by atoms with Gasteiger partial charge in [0, 0.05) is 38.3 Å². The van der Waals surface area contributed by atoms with Gasteiger partial charge in [0.1, 0.15) is 0 Å². The third kappa shape index (κ3) is 5.55. The van der Waals surface area contributed by atoms with Gasteiger partial charge < -0.3 is 19.9 Å². The average molecular weight is 271 g/mol. The van der Waals surface area contributed by atoms with Gasteiger partial charge in [0.25, 0.3) is 0 Å². The third-order valence-electron chi connectivity index (χ3n) is 2.67. The molecule has 0 aliphatic rings. The quantitative estimate of drug-likeness (QED) is 0.669. The first kappa shape index (κ1) is 15.9. The third-order valence-corrected chi connectivity index (χ3v) is 2.67. The zero-order valence-corrected chi connectivity index (χ0v) is 11.5. The van der Waals surface area contributed by atoms with E-state index < -0.39 is 0 Å². The largest absolute Gasteiger partial charge is 0.490 e. The fraction of sp³-hybridized carbons (Fsp3) is 0.571. The number of nitrogens with one attached hydrogen (secondary N) is 1. The molecule has 0 saturated carbocycles. The van der Waals surface area contributed by atoms with Crippen molar-refractivity contribution in [3.63, 3.8) is 0 Å². The summed E-state index contributed by atoms with van der Waals surface area (Å²) in [4.78, 5) is 0. The number of hydrogen-bond donors (Lipinski definition) is 2. The molecule has 4 nitrogen and oxygen atoms in total. The lowest BCUT2D eigenvalue weighted by atomic mass is 10.2. The highest BCUT2D eigenvalue weighted by Crippen LogP contribution is 2.23. The highest BCUT2D eigenvalue weighted by molar-refractivity contribution is 5.34. The summed E-state index contributed by atoms with van der Waals surface area (Å²) < 4.78 is 24.1. The molecule has 5 heteroatoms. The van der Waals surface area contributed by atoms with Crippen molar-refractivity contribution in [1.29, 1.82) is 0 Å². The van der Waals surface area contributed by atoms with Crippen LogP contribution in [0.15, 0.2) is 18.2 Å². The molecule has 0 aliphatic heterocycles. The fourth-order valence-corrected chi connectivity index (χ4v) is 1.53. The molecule has 108 valence electrons. The van der Waals surface area contributed by atoms with Crippen LogP contribution >= 0.6 is 0 Å². The van der Waals surface area contributed by atoms with E-state index in [2.05, 4.69) is 5.32 Å². The maximum Gasteiger partial charge on any atom is 0.165 e. The van der Waals surface area contributed by atoms with Crippen LogP contribution in [0.3, 0.4) is 0 Å². The Labute approximate surface area is 113 Å². The van der Waals surface area contributed by atoms with Gasteiger partial charge in [-0.05, 0) is 6.07 Å². The molecule has 0 fully saturated rings. The van der Waals surface area contributed by atoms with Crippen LogP contribution in [0.4, 0.5) is 4.39 Å². The van der Waals surface area contributed by atoms with Crippen LogP contribution in [-0.4, -0.2) is 38.6 Å². The van der Waals surface area contributed by atoms with Crippen LogP contribution in [0.25, 0.3) is 0 Å². The normalized spacial score (nSPS) is 12.4. The van der Waals surface area contributed by atoms with Crippen LogP contribution in [0.1, 0.15) is 12.5 Å². The molecule has 0 spiro atoms. The highest BCUT2D eigenvalue weighted by atomic mass is 19.1. The van der Waals surface area contributed by atoms with E-state index in [9.17, 15) is 4.39 Å². The van der Waals surface area contributed by atoms with E-state index in [0.717, 1.165) is 5.56 Å². The van der Waals surface area contributed by atoms with Gasteiger partial charge in [-0.15, -0.1) is 0 Å². The molecular formula is C14H22FNO3. The number of benzene rings is 1. The predicted molar refractivity (Wildman–Crippen MR) is 71.7 cm³/mol. The van der Waals surface area contributed by atoms with Crippen molar-refractivity contribution < 1.29 is 19.0 Å². The molecule has 0 aromatic heterocycles. The number of halogens is 1. The lowest BCUT2D eigenvalue weighted by Gasteiger charge is -2.15. The number of rotatable bonds is 9. The Bertz CT molecular complexity index is 374. The number of aliphatic hydroxyl groups excluding tert-OH is 1. The second-order valence-electron chi connectivity index (χ2n) is 4.50. The Balaban J connectivity index is 2.61. The van der Waals surface area contributed by atoms with E-state index in [-0.39, 0.29) is 24.1 Å². The van der Waals surface area contributed by atoms with Crippen molar-refractivity contribution in [3.8, 4) is 5.75 Å². The first-order valence-electron chi connectivity index (χ1n) is 6.39. The van der Waals surface area contributed by atoms with Crippen LogP contribution in [0.5, 0.6) is 5.75 Å². The van der Waals surface area contributed by atoms with Crippen LogP contribution < -0.4 is 10.1 Å². The van der Waals surface area contributed by atoms with Gasteiger partial charge in [0.2, 0.25) is 0 Å². The summed E-state index contributed by atoms with van der Waals surface area (Å²) in [5.74, 6) is -0.141. The van der Waals surface area contributed by atoms with Crippen molar-refractivity contribution in [2.24, 2.45) is 5.92 Å². The zero-order valence-electron chi connectivity index (χ0n) is 11.5. The molecule has 0 heterocycles. The fourth-order valence-electron chi connectivity index (χ4n) is 1.53. The van der Waals surface area contributed by atoms with E-state index in [4.69, 9.17) is 14.6 Å². The standard InChI is InChI=1S/C14H22FNO3/c1-11(9-17)10-19-14-12(4-3-5-13(14)15)8-16-6-7-18-2/h3-5,11,16-17H,6-10H2,1-2H3. The smallest absolute Gasteiger partial charge is 0.165 e. The monoisotopic (exact) mass is 271 g/mol. The summed E-state index contributed by atoms with van der Waals surface area (Å²) in [6.07, 6.45) is 0. The van der Waals surface area contributed by atoms with E-state index in [1.54, 1.807) is 13.2 Å². The van der Waals surface area contributed by atoms with E-state index >= 15 is 0 Å². The maximum atomic E-state index is 13.7. The molecule has 0 saturated heterocycles. The predicted octanol–water partition coefficient (Wildman–Crippen LogP) is 1.57. The zero-order chi connectivity index (χ0) is 14.1. The number of para-hydroxylation sites is 1. The number of methoxy groups -OCH3 is 1. The van der Waals surface area contributed by atoms with Crippen molar-refractivity contribution >= 4 is 0 Å². The van der Waals surface area contributed by atoms with Gasteiger partial charge >= 0.3 is 0 Å². The minimum atomic E-state index is -0.379. The molecule has 0 aliphatic carbocycles. The molecule has 1 unspecified atom stereocenters. The van der Waals surface area contributed by atoms with Gasteiger partial charge in [0.05, 0.1) is 13.2 Å². The van der Waals surface area contributed by atoms with Crippen molar-refractivity contribution in [2.75, 3.05) is 33.5 Å². The van der Waals surface area contributed by atoms with Gasteiger partial charge in [-0.25, -0.2) is 4.39 Å². The summed E-state index contributed by atoms with van der Waals surface area (Å²) in [6, 6.07) is 4.85.